The predicted octanol–water partition coefficient (Wildman–Crippen LogP) is 1.04. The second-order valence-corrected chi connectivity index (χ2v) is 3.11. The van der Waals surface area contributed by atoms with Crippen molar-refractivity contribution in [1.29, 1.82) is 0 Å². The summed E-state index contributed by atoms with van der Waals surface area (Å²) in [6.07, 6.45) is 2.08. The molecular weight excluding hydrogens is 128 g/mol. The van der Waals surface area contributed by atoms with Crippen molar-refractivity contribution in [1.82, 2.24) is 0 Å². The van der Waals surface area contributed by atoms with Crippen LogP contribution >= 0.6 is 0 Å². The molecule has 0 amide bonds. The van der Waals surface area contributed by atoms with Gasteiger partial charge in [-0.25, -0.2) is 0 Å². The van der Waals surface area contributed by atoms with Gasteiger partial charge in [0.2, 0.25) is 0 Å². The number of aliphatic hydroxyl groups excluding tert-OH is 1. The summed E-state index contributed by atoms with van der Waals surface area (Å²) in [5.74, 6) is 1.33. The van der Waals surface area contributed by atoms with E-state index in [9.17, 15) is 0 Å². The zero-order valence-corrected chi connectivity index (χ0v) is 6.55. The number of hydrogen-bond donors (Lipinski definition) is 1. The van der Waals surface area contributed by atoms with Crippen LogP contribution in [-0.2, 0) is 4.74 Å². The first-order valence-corrected chi connectivity index (χ1v) is 4.03. The minimum atomic E-state index is 0.328. The molecule has 10 heavy (non-hydrogen) atoms. The van der Waals surface area contributed by atoms with E-state index in [4.69, 9.17) is 9.84 Å². The van der Waals surface area contributed by atoms with Crippen molar-refractivity contribution in [2.24, 2.45) is 11.8 Å². The lowest BCUT2D eigenvalue weighted by atomic mass is 9.88. The van der Waals surface area contributed by atoms with Gasteiger partial charge in [-0.1, -0.05) is 6.92 Å². The Morgan fingerprint density at radius 2 is 2.40 bits per heavy atom. The molecule has 60 valence electrons. The second kappa shape index (κ2) is 3.94. The Balaban J connectivity index is 2.25. The van der Waals surface area contributed by atoms with E-state index < -0.39 is 0 Å². The Kier molecular flexibility index (Phi) is 3.16. The highest BCUT2D eigenvalue weighted by molar-refractivity contribution is 4.69. The van der Waals surface area contributed by atoms with Crippen LogP contribution in [0.2, 0.25) is 0 Å². The van der Waals surface area contributed by atoms with Crippen LogP contribution in [0.5, 0.6) is 0 Å². The first-order chi connectivity index (χ1) is 4.84. The molecule has 0 aliphatic carbocycles. The average Bonchev–Trinajstić information content (AvgIpc) is 1.94. The molecule has 1 N–H and O–H groups in total. The van der Waals surface area contributed by atoms with Gasteiger partial charge < -0.3 is 9.84 Å². The monoisotopic (exact) mass is 144 g/mol. The van der Waals surface area contributed by atoms with Gasteiger partial charge in [0, 0.05) is 19.8 Å². The number of ether oxygens (including phenoxy) is 1. The zero-order valence-electron chi connectivity index (χ0n) is 6.55. The summed E-state index contributed by atoms with van der Waals surface area (Å²) in [5.41, 5.74) is 0. The summed E-state index contributed by atoms with van der Waals surface area (Å²) in [6.45, 7) is 4.29. The first kappa shape index (κ1) is 8.02. The molecule has 2 heteroatoms. The van der Waals surface area contributed by atoms with Crippen molar-refractivity contribution in [2.75, 3.05) is 19.8 Å². The molecule has 2 unspecified atom stereocenters. The van der Waals surface area contributed by atoms with Crippen LogP contribution in [0.15, 0.2) is 0 Å². The molecule has 1 saturated heterocycles. The van der Waals surface area contributed by atoms with Crippen LogP contribution in [0.3, 0.4) is 0 Å². The molecule has 2 atom stereocenters. The summed E-state index contributed by atoms with van der Waals surface area (Å²) >= 11 is 0. The highest BCUT2D eigenvalue weighted by Gasteiger charge is 2.20. The van der Waals surface area contributed by atoms with Crippen molar-refractivity contribution in [3.8, 4) is 0 Å². The van der Waals surface area contributed by atoms with Crippen LogP contribution in [0.4, 0.5) is 0 Å². The van der Waals surface area contributed by atoms with Gasteiger partial charge in [-0.3, -0.25) is 0 Å². The van der Waals surface area contributed by atoms with Crippen molar-refractivity contribution < 1.29 is 9.84 Å². The Morgan fingerprint density at radius 1 is 1.60 bits per heavy atom. The Labute approximate surface area is 62.2 Å². The van der Waals surface area contributed by atoms with Crippen LogP contribution in [0, 0.1) is 11.8 Å². The molecule has 2 nitrogen and oxygen atoms in total. The maximum absolute atomic E-state index is 8.70. The van der Waals surface area contributed by atoms with E-state index in [1.54, 1.807) is 0 Å². The zero-order chi connectivity index (χ0) is 7.40. The Hall–Kier alpha value is -0.0800. The predicted molar refractivity (Wildman–Crippen MR) is 39.8 cm³/mol. The fraction of sp³-hybridized carbons (Fsp3) is 1.00. The van der Waals surface area contributed by atoms with Crippen molar-refractivity contribution in [3.63, 3.8) is 0 Å². The lowest BCUT2D eigenvalue weighted by Gasteiger charge is -2.28. The van der Waals surface area contributed by atoms with E-state index in [1.807, 2.05) is 0 Å². The van der Waals surface area contributed by atoms with Gasteiger partial charge >= 0.3 is 0 Å². The molecule has 0 bridgehead atoms. The highest BCUT2D eigenvalue weighted by Crippen LogP contribution is 2.23. The first-order valence-electron chi connectivity index (χ1n) is 4.03. The van der Waals surface area contributed by atoms with Gasteiger partial charge in [-0.15, -0.1) is 0 Å². The van der Waals surface area contributed by atoms with Gasteiger partial charge in [-0.2, -0.15) is 0 Å². The van der Waals surface area contributed by atoms with Crippen molar-refractivity contribution in [3.05, 3.63) is 0 Å². The maximum atomic E-state index is 8.70. The minimum absolute atomic E-state index is 0.328. The normalized spacial score (nSPS) is 34.2. The summed E-state index contributed by atoms with van der Waals surface area (Å²) in [4.78, 5) is 0. The Bertz CT molecular complexity index is 91.3. The summed E-state index contributed by atoms with van der Waals surface area (Å²) in [7, 11) is 0. The largest absolute Gasteiger partial charge is 0.396 e. The van der Waals surface area contributed by atoms with E-state index in [0.29, 0.717) is 18.4 Å². The van der Waals surface area contributed by atoms with E-state index in [0.717, 1.165) is 26.1 Å². The standard InChI is InChI=1S/C8H16O2/c1-7-6-10-5-3-8(7)2-4-9/h7-9H,2-6H2,1H3. The molecule has 0 spiro atoms. The molecule has 0 aromatic rings. The van der Waals surface area contributed by atoms with Gasteiger partial charge in [0.1, 0.15) is 0 Å². The summed E-state index contributed by atoms with van der Waals surface area (Å²) in [5, 5.41) is 8.70. The molecule has 1 fully saturated rings. The SMILES string of the molecule is CC1COCCC1CCO. The maximum Gasteiger partial charge on any atom is 0.0494 e. The molecule has 0 aromatic carbocycles. The minimum Gasteiger partial charge on any atom is -0.396 e. The van der Waals surface area contributed by atoms with Gasteiger partial charge in [0.05, 0.1) is 0 Å². The van der Waals surface area contributed by atoms with Crippen LogP contribution in [-0.4, -0.2) is 24.9 Å². The Morgan fingerprint density at radius 3 is 3.00 bits per heavy atom. The third kappa shape index (κ3) is 1.96. The molecule has 0 saturated carbocycles. The van der Waals surface area contributed by atoms with Crippen LogP contribution in [0.25, 0.3) is 0 Å². The van der Waals surface area contributed by atoms with E-state index in [2.05, 4.69) is 6.92 Å². The van der Waals surface area contributed by atoms with Gasteiger partial charge in [0.25, 0.3) is 0 Å². The fourth-order valence-corrected chi connectivity index (χ4v) is 1.52. The number of aliphatic hydroxyl groups is 1. The van der Waals surface area contributed by atoms with E-state index in [-0.39, 0.29) is 0 Å². The quantitative estimate of drug-likeness (QED) is 0.627. The van der Waals surface area contributed by atoms with Crippen molar-refractivity contribution >= 4 is 0 Å². The third-order valence-electron chi connectivity index (χ3n) is 2.32. The lowest BCUT2D eigenvalue weighted by molar-refractivity contribution is 0.0163. The number of hydrogen-bond acceptors (Lipinski definition) is 2. The van der Waals surface area contributed by atoms with Crippen molar-refractivity contribution in [2.45, 2.75) is 19.8 Å². The number of rotatable bonds is 2. The smallest absolute Gasteiger partial charge is 0.0494 e. The molecule has 1 aliphatic heterocycles. The topological polar surface area (TPSA) is 29.5 Å². The highest BCUT2D eigenvalue weighted by atomic mass is 16.5. The molecule has 0 aromatic heterocycles. The van der Waals surface area contributed by atoms with Crippen LogP contribution in [0.1, 0.15) is 19.8 Å². The van der Waals surface area contributed by atoms with Gasteiger partial charge in [-0.05, 0) is 24.7 Å². The van der Waals surface area contributed by atoms with E-state index >= 15 is 0 Å². The molecule has 1 rings (SSSR count). The molecular formula is C8H16O2. The molecule has 1 aliphatic rings. The van der Waals surface area contributed by atoms with E-state index in [1.165, 1.54) is 0 Å². The second-order valence-electron chi connectivity index (χ2n) is 3.11. The third-order valence-corrected chi connectivity index (χ3v) is 2.32. The average molecular weight is 144 g/mol. The molecule has 0 radical (unpaired) electrons. The van der Waals surface area contributed by atoms with Crippen LogP contribution < -0.4 is 0 Å². The summed E-state index contributed by atoms with van der Waals surface area (Å²) in [6, 6.07) is 0. The van der Waals surface area contributed by atoms with Gasteiger partial charge in [0.15, 0.2) is 0 Å². The summed E-state index contributed by atoms with van der Waals surface area (Å²) < 4.78 is 5.28. The fourth-order valence-electron chi connectivity index (χ4n) is 1.52. The molecule has 1 heterocycles. The lowest BCUT2D eigenvalue weighted by Crippen LogP contribution is -2.25.